The molecule has 1 saturated heterocycles. The van der Waals surface area contributed by atoms with Crippen LogP contribution in [0.4, 0.5) is 5.82 Å². The summed E-state index contributed by atoms with van der Waals surface area (Å²) < 4.78 is 0. The van der Waals surface area contributed by atoms with E-state index in [4.69, 9.17) is 0 Å². The number of benzene rings is 1. The fourth-order valence-corrected chi connectivity index (χ4v) is 4.54. The number of anilines is 1. The molecule has 0 bridgehead atoms. The van der Waals surface area contributed by atoms with Crippen molar-refractivity contribution < 1.29 is 0 Å². The van der Waals surface area contributed by atoms with Gasteiger partial charge in [0.15, 0.2) is 0 Å². The lowest BCUT2D eigenvalue weighted by molar-refractivity contribution is 0.402. The first kappa shape index (κ1) is 15.6. The zero-order valence-corrected chi connectivity index (χ0v) is 14.9. The molecule has 1 aliphatic heterocycles. The Hall–Kier alpha value is -1.94. The van der Waals surface area contributed by atoms with Gasteiger partial charge in [0.2, 0.25) is 0 Å². The summed E-state index contributed by atoms with van der Waals surface area (Å²) in [6.07, 6.45) is 6.48. The van der Waals surface area contributed by atoms with E-state index in [9.17, 15) is 0 Å². The number of fused-ring (bicyclic) bond motifs is 1. The predicted octanol–water partition coefficient (Wildman–Crippen LogP) is 4.71. The van der Waals surface area contributed by atoms with Crippen LogP contribution in [0.25, 0.3) is 10.2 Å². The SMILES string of the molecule is CCc1cc2c(N3CCC(Cc4ccccc4)CC3)ncnc2s1. The molecule has 0 radical (unpaired) electrons. The normalized spacial score (nSPS) is 16.0. The Morgan fingerprint density at radius 2 is 1.92 bits per heavy atom. The van der Waals surface area contributed by atoms with E-state index >= 15 is 0 Å². The fourth-order valence-electron chi connectivity index (χ4n) is 3.62. The zero-order chi connectivity index (χ0) is 16.4. The van der Waals surface area contributed by atoms with Crippen LogP contribution in [0.5, 0.6) is 0 Å². The largest absolute Gasteiger partial charge is 0.356 e. The molecular formula is C20H23N3S. The lowest BCUT2D eigenvalue weighted by Gasteiger charge is -2.33. The first-order valence-corrected chi connectivity index (χ1v) is 9.67. The van der Waals surface area contributed by atoms with Gasteiger partial charge in [-0.3, -0.25) is 0 Å². The summed E-state index contributed by atoms with van der Waals surface area (Å²) in [7, 11) is 0. The minimum atomic E-state index is 0.787. The van der Waals surface area contributed by atoms with Crippen LogP contribution in [0.2, 0.25) is 0 Å². The molecule has 1 aliphatic rings. The van der Waals surface area contributed by atoms with Gasteiger partial charge in [-0.1, -0.05) is 37.3 Å². The second kappa shape index (κ2) is 6.89. The Labute approximate surface area is 147 Å². The van der Waals surface area contributed by atoms with Gasteiger partial charge in [0, 0.05) is 18.0 Å². The Kier molecular flexibility index (Phi) is 4.48. The van der Waals surface area contributed by atoms with E-state index in [2.05, 4.69) is 58.2 Å². The highest BCUT2D eigenvalue weighted by atomic mass is 32.1. The van der Waals surface area contributed by atoms with Crippen LogP contribution < -0.4 is 4.90 Å². The lowest BCUT2D eigenvalue weighted by atomic mass is 9.90. The second-order valence-corrected chi connectivity index (χ2v) is 7.72. The summed E-state index contributed by atoms with van der Waals surface area (Å²) in [5.41, 5.74) is 1.46. The number of hydrogen-bond donors (Lipinski definition) is 0. The molecule has 0 aliphatic carbocycles. The average Bonchev–Trinajstić information content (AvgIpc) is 3.07. The highest BCUT2D eigenvalue weighted by Gasteiger charge is 2.22. The smallest absolute Gasteiger partial charge is 0.140 e. The minimum absolute atomic E-state index is 0.787. The Balaban J connectivity index is 1.47. The van der Waals surface area contributed by atoms with Crippen LogP contribution in [-0.2, 0) is 12.8 Å². The molecule has 0 amide bonds. The quantitative estimate of drug-likeness (QED) is 0.690. The number of hydrogen-bond acceptors (Lipinski definition) is 4. The molecule has 4 rings (SSSR count). The molecule has 0 saturated carbocycles. The van der Waals surface area contributed by atoms with Crippen molar-refractivity contribution in [1.29, 1.82) is 0 Å². The molecule has 124 valence electrons. The minimum Gasteiger partial charge on any atom is -0.356 e. The summed E-state index contributed by atoms with van der Waals surface area (Å²) in [5.74, 6) is 1.92. The van der Waals surface area contributed by atoms with Crippen molar-refractivity contribution in [3.05, 3.63) is 53.2 Å². The van der Waals surface area contributed by atoms with Gasteiger partial charge >= 0.3 is 0 Å². The molecule has 0 atom stereocenters. The lowest BCUT2D eigenvalue weighted by Crippen LogP contribution is -2.35. The number of nitrogens with zero attached hydrogens (tertiary/aromatic N) is 3. The topological polar surface area (TPSA) is 29.0 Å². The van der Waals surface area contributed by atoms with Gasteiger partial charge in [0.1, 0.15) is 17.0 Å². The van der Waals surface area contributed by atoms with E-state index in [0.717, 1.165) is 36.1 Å². The van der Waals surface area contributed by atoms with E-state index < -0.39 is 0 Å². The molecule has 3 heterocycles. The van der Waals surface area contributed by atoms with Gasteiger partial charge in [-0.05, 0) is 43.2 Å². The maximum absolute atomic E-state index is 4.61. The third kappa shape index (κ3) is 3.16. The Morgan fingerprint density at radius 1 is 1.12 bits per heavy atom. The van der Waals surface area contributed by atoms with E-state index in [1.54, 1.807) is 17.7 Å². The van der Waals surface area contributed by atoms with Crippen LogP contribution in [0.1, 0.15) is 30.2 Å². The fraction of sp³-hybridized carbons (Fsp3) is 0.400. The summed E-state index contributed by atoms with van der Waals surface area (Å²) in [5, 5.41) is 1.24. The second-order valence-electron chi connectivity index (χ2n) is 6.60. The van der Waals surface area contributed by atoms with Crippen molar-refractivity contribution in [3.8, 4) is 0 Å². The monoisotopic (exact) mass is 337 g/mol. The molecule has 3 nitrogen and oxygen atoms in total. The van der Waals surface area contributed by atoms with Gasteiger partial charge < -0.3 is 4.90 Å². The van der Waals surface area contributed by atoms with Crippen LogP contribution >= 0.6 is 11.3 Å². The summed E-state index contributed by atoms with van der Waals surface area (Å²) >= 11 is 1.80. The van der Waals surface area contributed by atoms with E-state index in [1.165, 1.54) is 35.1 Å². The Bertz CT molecular complexity index is 804. The van der Waals surface area contributed by atoms with Gasteiger partial charge in [-0.15, -0.1) is 11.3 Å². The van der Waals surface area contributed by atoms with Crippen LogP contribution in [-0.4, -0.2) is 23.1 Å². The standard InChI is InChI=1S/C20H23N3S/c1-2-17-13-18-19(21-14-22-20(18)24-17)23-10-8-16(9-11-23)12-15-6-4-3-5-7-15/h3-7,13-14,16H,2,8-12H2,1H3. The molecule has 24 heavy (non-hydrogen) atoms. The zero-order valence-electron chi connectivity index (χ0n) is 14.1. The van der Waals surface area contributed by atoms with Crippen molar-refractivity contribution in [2.75, 3.05) is 18.0 Å². The summed E-state index contributed by atoms with van der Waals surface area (Å²) in [6, 6.07) is 13.2. The van der Waals surface area contributed by atoms with Crippen LogP contribution in [0.3, 0.4) is 0 Å². The Morgan fingerprint density at radius 3 is 2.67 bits per heavy atom. The molecule has 2 aromatic heterocycles. The first-order chi connectivity index (χ1) is 11.8. The molecule has 1 aromatic carbocycles. The van der Waals surface area contributed by atoms with Gasteiger partial charge in [-0.25, -0.2) is 9.97 Å². The maximum Gasteiger partial charge on any atom is 0.140 e. The van der Waals surface area contributed by atoms with Crippen molar-refractivity contribution in [3.63, 3.8) is 0 Å². The summed E-state index contributed by atoms with van der Waals surface area (Å²) in [4.78, 5) is 14.0. The number of piperidine rings is 1. The molecule has 3 aromatic rings. The highest BCUT2D eigenvalue weighted by molar-refractivity contribution is 7.18. The van der Waals surface area contributed by atoms with Crippen LogP contribution in [0.15, 0.2) is 42.7 Å². The van der Waals surface area contributed by atoms with Crippen molar-refractivity contribution in [2.24, 2.45) is 5.92 Å². The third-order valence-corrected chi connectivity index (χ3v) is 6.18. The molecule has 0 N–H and O–H groups in total. The van der Waals surface area contributed by atoms with Gasteiger partial charge in [-0.2, -0.15) is 0 Å². The van der Waals surface area contributed by atoms with E-state index in [-0.39, 0.29) is 0 Å². The average molecular weight is 337 g/mol. The molecule has 0 unspecified atom stereocenters. The molecule has 0 spiro atoms. The first-order valence-electron chi connectivity index (χ1n) is 8.85. The van der Waals surface area contributed by atoms with Gasteiger partial charge in [0.05, 0.1) is 5.39 Å². The van der Waals surface area contributed by atoms with Gasteiger partial charge in [0.25, 0.3) is 0 Å². The number of thiophene rings is 1. The van der Waals surface area contributed by atoms with Crippen molar-refractivity contribution >= 4 is 27.4 Å². The van der Waals surface area contributed by atoms with Crippen molar-refractivity contribution in [2.45, 2.75) is 32.6 Å². The maximum atomic E-state index is 4.61. The molecule has 1 fully saturated rings. The molecule has 4 heteroatoms. The van der Waals surface area contributed by atoms with Crippen molar-refractivity contribution in [1.82, 2.24) is 9.97 Å². The van der Waals surface area contributed by atoms with Crippen LogP contribution in [0, 0.1) is 5.92 Å². The predicted molar refractivity (Wildman–Crippen MR) is 102 cm³/mol. The van der Waals surface area contributed by atoms with E-state index in [0.29, 0.717) is 0 Å². The number of rotatable bonds is 4. The highest BCUT2D eigenvalue weighted by Crippen LogP contribution is 2.33. The van der Waals surface area contributed by atoms with E-state index in [1.807, 2.05) is 0 Å². The number of aryl methyl sites for hydroxylation is 1. The third-order valence-electron chi connectivity index (χ3n) is 4.99. The summed E-state index contributed by atoms with van der Waals surface area (Å²) in [6.45, 7) is 4.40. The number of aromatic nitrogens is 2. The molecular weight excluding hydrogens is 314 g/mol.